The molecule has 0 bridgehead atoms. The van der Waals surface area contributed by atoms with Crippen LogP contribution in [0.2, 0.25) is 0 Å². The first-order valence-electron chi connectivity index (χ1n) is 8.14. The van der Waals surface area contributed by atoms with Gasteiger partial charge in [-0.1, -0.05) is 11.8 Å². The van der Waals surface area contributed by atoms with Gasteiger partial charge in [0.25, 0.3) is 5.56 Å². The van der Waals surface area contributed by atoms with Crippen LogP contribution in [0, 0.1) is 13.8 Å². The molecule has 2 amide bonds. The maximum atomic E-state index is 12.2. The highest BCUT2D eigenvalue weighted by Gasteiger charge is 2.13. The Hall–Kier alpha value is -2.65. The predicted molar refractivity (Wildman–Crippen MR) is 110 cm³/mol. The van der Waals surface area contributed by atoms with E-state index in [4.69, 9.17) is 0 Å². The van der Waals surface area contributed by atoms with E-state index < -0.39 is 0 Å². The van der Waals surface area contributed by atoms with Crippen LogP contribution in [0.25, 0.3) is 10.2 Å². The quantitative estimate of drug-likeness (QED) is 0.449. The van der Waals surface area contributed by atoms with Crippen molar-refractivity contribution in [3.05, 3.63) is 45.1 Å². The second-order valence-electron chi connectivity index (χ2n) is 5.93. The largest absolute Gasteiger partial charge is 0.326 e. The van der Waals surface area contributed by atoms with Crippen molar-refractivity contribution in [1.29, 1.82) is 0 Å². The van der Waals surface area contributed by atoms with E-state index in [1.54, 1.807) is 24.3 Å². The fourth-order valence-electron chi connectivity index (χ4n) is 2.47. The van der Waals surface area contributed by atoms with E-state index in [0.717, 1.165) is 10.4 Å². The molecular weight excluding hydrogens is 384 g/mol. The second-order valence-corrected chi connectivity index (χ2v) is 8.10. The summed E-state index contributed by atoms with van der Waals surface area (Å²) in [7, 11) is 0. The van der Waals surface area contributed by atoms with Crippen LogP contribution in [0.1, 0.15) is 17.4 Å². The maximum Gasteiger partial charge on any atom is 0.260 e. The number of aromatic nitrogens is 2. The molecule has 7 nitrogen and oxygen atoms in total. The number of fused-ring (bicyclic) bond motifs is 1. The van der Waals surface area contributed by atoms with Crippen molar-refractivity contribution in [2.24, 2.45) is 0 Å². The van der Waals surface area contributed by atoms with Gasteiger partial charge in [0.15, 0.2) is 5.16 Å². The molecule has 1 aromatic carbocycles. The van der Waals surface area contributed by atoms with Gasteiger partial charge in [0.05, 0.1) is 11.1 Å². The van der Waals surface area contributed by atoms with E-state index in [1.165, 1.54) is 30.0 Å². The number of carbonyl (C=O) groups excluding carboxylic acids is 2. The lowest BCUT2D eigenvalue weighted by atomic mass is 10.2. The first-order chi connectivity index (χ1) is 12.8. The van der Waals surface area contributed by atoms with Crippen molar-refractivity contribution in [3.8, 4) is 0 Å². The van der Waals surface area contributed by atoms with Crippen molar-refractivity contribution in [1.82, 2.24) is 9.97 Å². The smallest absolute Gasteiger partial charge is 0.260 e. The standard InChI is InChI=1S/C18H18N4O3S2/c1-9-10(2)27-17-15(9)16(25)21-18(22-17)26-8-14(24)20-13-6-4-12(5-7-13)19-11(3)23/h4-7H,8H2,1-3H3,(H,19,23)(H,20,24)(H,21,22,25). The Labute approximate surface area is 163 Å². The van der Waals surface area contributed by atoms with Gasteiger partial charge in [0.2, 0.25) is 11.8 Å². The Morgan fingerprint density at radius 2 is 1.78 bits per heavy atom. The molecular formula is C18H18N4O3S2. The maximum absolute atomic E-state index is 12.2. The zero-order valence-electron chi connectivity index (χ0n) is 15.0. The number of thioether (sulfide) groups is 1. The Kier molecular flexibility index (Phi) is 5.62. The van der Waals surface area contributed by atoms with E-state index in [2.05, 4.69) is 20.6 Å². The van der Waals surface area contributed by atoms with Crippen LogP contribution in [0.3, 0.4) is 0 Å². The van der Waals surface area contributed by atoms with Gasteiger partial charge in [0.1, 0.15) is 4.83 Å². The van der Waals surface area contributed by atoms with Crippen LogP contribution >= 0.6 is 23.1 Å². The average Bonchev–Trinajstić information content (AvgIpc) is 2.89. The molecule has 3 aromatic rings. The molecule has 0 aliphatic carbocycles. The molecule has 3 N–H and O–H groups in total. The lowest BCUT2D eigenvalue weighted by Crippen LogP contribution is -2.15. The third kappa shape index (κ3) is 4.55. The Morgan fingerprint density at radius 3 is 2.41 bits per heavy atom. The molecule has 3 rings (SSSR count). The molecule has 2 heterocycles. The zero-order valence-corrected chi connectivity index (χ0v) is 16.6. The topological polar surface area (TPSA) is 104 Å². The van der Waals surface area contributed by atoms with E-state index in [1.807, 2.05) is 13.8 Å². The summed E-state index contributed by atoms with van der Waals surface area (Å²) in [4.78, 5) is 44.3. The Bertz CT molecular complexity index is 1070. The van der Waals surface area contributed by atoms with Gasteiger partial charge in [0, 0.05) is 23.2 Å². The monoisotopic (exact) mass is 402 g/mol. The van der Waals surface area contributed by atoms with Gasteiger partial charge >= 0.3 is 0 Å². The van der Waals surface area contributed by atoms with Gasteiger partial charge in [-0.15, -0.1) is 11.3 Å². The number of anilines is 2. The van der Waals surface area contributed by atoms with Crippen molar-refractivity contribution < 1.29 is 9.59 Å². The SMILES string of the molecule is CC(=O)Nc1ccc(NC(=O)CSc2nc3sc(C)c(C)c3c(=O)[nH]2)cc1. The average molecular weight is 403 g/mol. The number of nitrogens with zero attached hydrogens (tertiary/aromatic N) is 1. The number of nitrogens with one attached hydrogen (secondary N) is 3. The molecule has 140 valence electrons. The predicted octanol–water partition coefficient (Wildman–Crippen LogP) is 3.29. The van der Waals surface area contributed by atoms with Crippen molar-refractivity contribution in [2.75, 3.05) is 16.4 Å². The van der Waals surface area contributed by atoms with E-state index in [9.17, 15) is 14.4 Å². The number of hydrogen-bond donors (Lipinski definition) is 3. The third-order valence-electron chi connectivity index (χ3n) is 3.85. The molecule has 0 unspecified atom stereocenters. The fraction of sp³-hybridized carbons (Fsp3) is 0.222. The second kappa shape index (κ2) is 7.93. The van der Waals surface area contributed by atoms with Crippen molar-refractivity contribution >= 4 is 56.5 Å². The summed E-state index contributed by atoms with van der Waals surface area (Å²) >= 11 is 2.65. The van der Waals surface area contributed by atoms with Gasteiger partial charge in [-0.3, -0.25) is 14.4 Å². The fourth-order valence-corrected chi connectivity index (χ4v) is 4.22. The number of amides is 2. The lowest BCUT2D eigenvalue weighted by Gasteiger charge is -2.07. The molecule has 0 saturated carbocycles. The molecule has 0 saturated heterocycles. The van der Waals surface area contributed by atoms with Crippen LogP contribution in [0.5, 0.6) is 0 Å². The van der Waals surface area contributed by atoms with Gasteiger partial charge < -0.3 is 15.6 Å². The van der Waals surface area contributed by atoms with Gasteiger partial charge in [-0.2, -0.15) is 0 Å². The summed E-state index contributed by atoms with van der Waals surface area (Å²) in [6.07, 6.45) is 0. The minimum absolute atomic E-state index is 0.116. The number of aryl methyl sites for hydroxylation is 2. The lowest BCUT2D eigenvalue weighted by molar-refractivity contribution is -0.114. The van der Waals surface area contributed by atoms with E-state index in [0.29, 0.717) is 26.7 Å². The molecule has 0 fully saturated rings. The van der Waals surface area contributed by atoms with Crippen molar-refractivity contribution in [3.63, 3.8) is 0 Å². The first-order valence-corrected chi connectivity index (χ1v) is 9.94. The molecule has 9 heteroatoms. The Balaban J connectivity index is 1.63. The highest BCUT2D eigenvalue weighted by Crippen LogP contribution is 2.27. The summed E-state index contributed by atoms with van der Waals surface area (Å²) in [5.74, 6) is -0.253. The Morgan fingerprint density at radius 1 is 1.15 bits per heavy atom. The summed E-state index contributed by atoms with van der Waals surface area (Å²) in [6.45, 7) is 5.29. The zero-order chi connectivity index (χ0) is 19.6. The number of rotatable bonds is 5. The van der Waals surface area contributed by atoms with E-state index in [-0.39, 0.29) is 23.1 Å². The summed E-state index contributed by atoms with van der Waals surface area (Å²) < 4.78 is 0. The van der Waals surface area contributed by atoms with Gasteiger partial charge in [-0.25, -0.2) is 4.98 Å². The van der Waals surface area contributed by atoms with Gasteiger partial charge in [-0.05, 0) is 43.7 Å². The molecule has 0 radical (unpaired) electrons. The normalized spacial score (nSPS) is 10.8. The van der Waals surface area contributed by atoms with Crippen LogP contribution in [0.15, 0.2) is 34.2 Å². The molecule has 0 aliphatic rings. The number of thiophene rings is 1. The molecule has 0 spiro atoms. The summed E-state index contributed by atoms with van der Waals surface area (Å²) in [5, 5.41) is 6.47. The molecule has 27 heavy (non-hydrogen) atoms. The minimum Gasteiger partial charge on any atom is -0.326 e. The summed E-state index contributed by atoms with van der Waals surface area (Å²) in [6, 6.07) is 6.83. The molecule has 2 aromatic heterocycles. The number of aromatic amines is 1. The molecule has 0 aliphatic heterocycles. The van der Waals surface area contributed by atoms with Crippen LogP contribution in [0.4, 0.5) is 11.4 Å². The minimum atomic E-state index is -0.214. The van der Waals surface area contributed by atoms with E-state index >= 15 is 0 Å². The highest BCUT2D eigenvalue weighted by molar-refractivity contribution is 7.99. The van der Waals surface area contributed by atoms with Crippen LogP contribution in [-0.2, 0) is 9.59 Å². The van der Waals surface area contributed by atoms with Crippen LogP contribution < -0.4 is 16.2 Å². The summed E-state index contributed by atoms with van der Waals surface area (Å²) in [5.41, 5.74) is 2.04. The highest BCUT2D eigenvalue weighted by atomic mass is 32.2. The molecule has 0 atom stereocenters. The van der Waals surface area contributed by atoms with Crippen LogP contribution in [-0.4, -0.2) is 27.5 Å². The number of hydrogen-bond acceptors (Lipinski definition) is 6. The number of H-pyrrole nitrogens is 1. The first kappa shape index (κ1) is 19.1. The third-order valence-corrected chi connectivity index (χ3v) is 5.82. The number of carbonyl (C=O) groups is 2. The van der Waals surface area contributed by atoms with Crippen molar-refractivity contribution in [2.45, 2.75) is 25.9 Å². The number of benzene rings is 1.